The topological polar surface area (TPSA) is 102 Å². The van der Waals surface area contributed by atoms with E-state index in [0.717, 1.165) is 50.5 Å². The van der Waals surface area contributed by atoms with Crippen molar-refractivity contribution >= 4 is 11.9 Å². The molecule has 4 rings (SSSR count). The summed E-state index contributed by atoms with van der Waals surface area (Å²) < 4.78 is 38.8. The number of likely N-dealkylation sites (tertiary alicyclic amines) is 1. The fourth-order valence-corrected chi connectivity index (χ4v) is 6.29. The van der Waals surface area contributed by atoms with Crippen LogP contribution in [-0.2, 0) is 14.3 Å². The normalized spacial score (nSPS) is 17.9. The van der Waals surface area contributed by atoms with Crippen LogP contribution in [-0.4, -0.2) is 78.1 Å². The molecule has 0 spiro atoms. The van der Waals surface area contributed by atoms with Crippen molar-refractivity contribution in [1.29, 1.82) is 0 Å². The second-order valence-electron chi connectivity index (χ2n) is 10.9. The molecule has 10 heteroatoms. The Morgan fingerprint density at radius 3 is 2.02 bits per heavy atom. The predicted molar refractivity (Wildman–Crippen MR) is 161 cm³/mol. The van der Waals surface area contributed by atoms with E-state index in [2.05, 4.69) is 0 Å². The van der Waals surface area contributed by atoms with Gasteiger partial charge in [-0.2, -0.15) is 0 Å². The first-order valence-corrected chi connectivity index (χ1v) is 15.1. The summed E-state index contributed by atoms with van der Waals surface area (Å²) in [5.74, 6) is 2.48. The summed E-state index contributed by atoms with van der Waals surface area (Å²) in [7, 11) is 7.83. The molecular formula is C33H45NO9. The van der Waals surface area contributed by atoms with Gasteiger partial charge < -0.3 is 38.1 Å². The minimum absolute atomic E-state index is 0.0515. The van der Waals surface area contributed by atoms with E-state index in [-0.39, 0.29) is 25.0 Å². The Hall–Kier alpha value is -3.82. The van der Waals surface area contributed by atoms with Crippen LogP contribution in [0.2, 0.25) is 0 Å². The van der Waals surface area contributed by atoms with Gasteiger partial charge in [-0.3, -0.25) is 4.79 Å². The lowest BCUT2D eigenvalue weighted by Gasteiger charge is -2.39. The van der Waals surface area contributed by atoms with Crippen molar-refractivity contribution < 1.29 is 42.7 Å². The highest BCUT2D eigenvalue weighted by atomic mass is 16.6. The molecule has 1 unspecified atom stereocenters. The molecular weight excluding hydrogens is 554 g/mol. The SMILES string of the molecule is COc1ccc(OCCOC(=O)[C@@H]2CCCCN2C(=O)C(c2cc(OC)c(OC)c(OC)c2)C2CCCCC2)cc1OC. The van der Waals surface area contributed by atoms with Crippen LogP contribution in [0.4, 0.5) is 0 Å². The van der Waals surface area contributed by atoms with Crippen molar-refractivity contribution in [3.8, 4) is 34.5 Å². The fraction of sp³-hybridized carbons (Fsp3) is 0.576. The zero-order chi connectivity index (χ0) is 30.8. The van der Waals surface area contributed by atoms with Gasteiger partial charge in [0.15, 0.2) is 23.0 Å². The van der Waals surface area contributed by atoms with E-state index in [1.165, 1.54) is 0 Å². The number of carbonyl (C=O) groups excluding carboxylic acids is 2. The van der Waals surface area contributed by atoms with Crippen molar-refractivity contribution in [3.05, 3.63) is 35.9 Å². The number of hydrogen-bond donors (Lipinski definition) is 0. The van der Waals surface area contributed by atoms with Crippen LogP contribution in [0.25, 0.3) is 0 Å². The number of benzene rings is 2. The molecule has 0 bridgehead atoms. The molecule has 2 aliphatic rings. The van der Waals surface area contributed by atoms with Crippen molar-refractivity contribution in [2.24, 2.45) is 5.92 Å². The lowest BCUT2D eigenvalue weighted by atomic mass is 9.75. The third-order valence-electron chi connectivity index (χ3n) is 8.44. The van der Waals surface area contributed by atoms with Gasteiger partial charge >= 0.3 is 5.97 Å². The molecule has 1 saturated carbocycles. The highest BCUT2D eigenvalue weighted by Gasteiger charge is 2.40. The molecule has 2 atom stereocenters. The highest BCUT2D eigenvalue weighted by Crippen LogP contribution is 2.45. The molecule has 1 aliphatic carbocycles. The minimum Gasteiger partial charge on any atom is -0.493 e. The van der Waals surface area contributed by atoms with Crippen LogP contribution in [0.3, 0.4) is 0 Å². The fourth-order valence-electron chi connectivity index (χ4n) is 6.29. The van der Waals surface area contributed by atoms with Gasteiger partial charge in [-0.05, 0) is 67.9 Å². The molecule has 236 valence electrons. The van der Waals surface area contributed by atoms with Gasteiger partial charge in [0.25, 0.3) is 0 Å². The van der Waals surface area contributed by atoms with E-state index < -0.39 is 17.9 Å². The lowest BCUT2D eigenvalue weighted by molar-refractivity contribution is -0.158. The van der Waals surface area contributed by atoms with E-state index in [1.54, 1.807) is 58.6 Å². The Balaban J connectivity index is 1.49. The maximum absolute atomic E-state index is 14.5. The predicted octanol–water partition coefficient (Wildman–Crippen LogP) is 5.40. The largest absolute Gasteiger partial charge is 0.493 e. The first-order valence-electron chi connectivity index (χ1n) is 15.1. The quantitative estimate of drug-likeness (QED) is 0.221. The van der Waals surface area contributed by atoms with Gasteiger partial charge in [-0.1, -0.05) is 19.3 Å². The Kier molecular flexibility index (Phi) is 11.6. The number of hydrogen-bond acceptors (Lipinski definition) is 9. The van der Waals surface area contributed by atoms with Gasteiger partial charge in [0.1, 0.15) is 25.0 Å². The van der Waals surface area contributed by atoms with Gasteiger partial charge in [-0.25, -0.2) is 4.79 Å². The number of methoxy groups -OCH3 is 5. The summed E-state index contributed by atoms with van der Waals surface area (Å²) in [6, 6.07) is 8.34. The van der Waals surface area contributed by atoms with Crippen molar-refractivity contribution in [2.75, 3.05) is 55.3 Å². The minimum atomic E-state index is -0.643. The molecule has 1 aliphatic heterocycles. The van der Waals surface area contributed by atoms with E-state index in [0.29, 0.717) is 47.5 Å². The van der Waals surface area contributed by atoms with Crippen LogP contribution in [0.1, 0.15) is 62.8 Å². The van der Waals surface area contributed by atoms with Crippen LogP contribution in [0.5, 0.6) is 34.5 Å². The lowest BCUT2D eigenvalue weighted by Crippen LogP contribution is -2.51. The number of piperidine rings is 1. The summed E-state index contributed by atoms with van der Waals surface area (Å²) in [5, 5.41) is 0. The van der Waals surface area contributed by atoms with E-state index in [1.807, 2.05) is 12.1 Å². The maximum atomic E-state index is 14.5. The van der Waals surface area contributed by atoms with Crippen molar-refractivity contribution in [3.63, 3.8) is 0 Å². The van der Waals surface area contributed by atoms with Gasteiger partial charge in [0.05, 0.1) is 41.5 Å². The average molecular weight is 600 g/mol. The molecule has 43 heavy (non-hydrogen) atoms. The molecule has 0 aromatic heterocycles. The highest BCUT2D eigenvalue weighted by molar-refractivity contribution is 5.89. The molecule has 2 aromatic carbocycles. The third kappa shape index (κ3) is 7.58. The first kappa shape index (κ1) is 32.1. The first-order chi connectivity index (χ1) is 20.9. The van der Waals surface area contributed by atoms with Gasteiger partial charge in [0.2, 0.25) is 11.7 Å². The molecule has 2 aromatic rings. The van der Waals surface area contributed by atoms with Crippen LogP contribution < -0.4 is 28.4 Å². The summed E-state index contributed by atoms with van der Waals surface area (Å²) in [6.07, 6.45) is 7.46. The van der Waals surface area contributed by atoms with Crippen LogP contribution in [0, 0.1) is 5.92 Å². The number of rotatable bonds is 13. The molecule has 1 amide bonds. The number of carbonyl (C=O) groups is 2. The summed E-state index contributed by atoms with van der Waals surface area (Å²) in [4.78, 5) is 29.6. The van der Waals surface area contributed by atoms with Crippen LogP contribution >= 0.6 is 0 Å². The third-order valence-corrected chi connectivity index (χ3v) is 8.44. The smallest absolute Gasteiger partial charge is 0.328 e. The Morgan fingerprint density at radius 1 is 0.744 bits per heavy atom. The molecule has 1 heterocycles. The number of amides is 1. The zero-order valence-electron chi connectivity index (χ0n) is 26.0. The molecule has 1 saturated heterocycles. The molecule has 10 nitrogen and oxygen atoms in total. The summed E-state index contributed by atoms with van der Waals surface area (Å²) >= 11 is 0. The average Bonchev–Trinajstić information content (AvgIpc) is 3.06. The van der Waals surface area contributed by atoms with E-state index in [4.69, 9.17) is 33.2 Å². The standard InChI is InChI=1S/C33H45NO9/c1-37-26-15-14-24(21-27(26)38-2)42-17-18-43-33(36)25-13-9-10-16-34(25)32(35)30(22-11-7-6-8-12-22)23-19-28(39-3)31(41-5)29(20-23)40-4/h14-15,19-22,25,30H,6-13,16-18H2,1-5H3/t25-,30?/m0/s1. The summed E-state index contributed by atoms with van der Waals surface area (Å²) in [6.45, 7) is 0.733. The Labute approximate surface area is 254 Å². The monoisotopic (exact) mass is 599 g/mol. The van der Waals surface area contributed by atoms with Gasteiger partial charge in [-0.15, -0.1) is 0 Å². The second-order valence-corrected chi connectivity index (χ2v) is 10.9. The second kappa shape index (κ2) is 15.6. The maximum Gasteiger partial charge on any atom is 0.328 e. The zero-order valence-corrected chi connectivity index (χ0v) is 26.0. The van der Waals surface area contributed by atoms with E-state index >= 15 is 0 Å². The van der Waals surface area contributed by atoms with E-state index in [9.17, 15) is 9.59 Å². The van der Waals surface area contributed by atoms with Crippen molar-refractivity contribution in [2.45, 2.75) is 63.3 Å². The molecule has 0 radical (unpaired) electrons. The molecule has 0 N–H and O–H groups in total. The number of nitrogens with zero attached hydrogens (tertiary/aromatic N) is 1. The van der Waals surface area contributed by atoms with Crippen molar-refractivity contribution in [1.82, 2.24) is 4.90 Å². The Morgan fingerprint density at radius 2 is 1.40 bits per heavy atom. The molecule has 2 fully saturated rings. The Bertz CT molecular complexity index is 1200. The summed E-state index contributed by atoms with van der Waals surface area (Å²) in [5.41, 5.74) is 0.812. The van der Waals surface area contributed by atoms with Crippen LogP contribution in [0.15, 0.2) is 30.3 Å². The number of esters is 1. The number of ether oxygens (including phenoxy) is 7. The van der Waals surface area contributed by atoms with Gasteiger partial charge in [0, 0.05) is 12.6 Å².